The van der Waals surface area contributed by atoms with Gasteiger partial charge in [-0.05, 0) is 31.5 Å². The average molecular weight is 376 g/mol. The number of amides is 1. The van der Waals surface area contributed by atoms with Crippen molar-refractivity contribution >= 4 is 28.3 Å². The van der Waals surface area contributed by atoms with Gasteiger partial charge in [0.1, 0.15) is 0 Å². The molecule has 24 heavy (non-hydrogen) atoms. The van der Waals surface area contributed by atoms with Crippen molar-refractivity contribution in [3.63, 3.8) is 0 Å². The van der Waals surface area contributed by atoms with Crippen LogP contribution in [0.15, 0.2) is 35.2 Å². The highest BCUT2D eigenvalue weighted by atomic mass is 35.5. The Balaban J connectivity index is 0.00000288. The minimum atomic E-state index is -3.55. The number of carbonyl (C=O) groups is 1. The minimum absolute atomic E-state index is 0. The van der Waals surface area contributed by atoms with Gasteiger partial charge < -0.3 is 10.2 Å². The Morgan fingerprint density at radius 3 is 2.62 bits per heavy atom. The van der Waals surface area contributed by atoms with Gasteiger partial charge in [-0.3, -0.25) is 4.79 Å². The van der Waals surface area contributed by atoms with E-state index in [0.717, 1.165) is 32.5 Å². The number of carbonyl (C=O) groups excluding carboxylic acids is 1. The lowest BCUT2D eigenvalue weighted by Gasteiger charge is -2.28. The zero-order chi connectivity index (χ0) is 16.7. The number of rotatable bonds is 8. The summed E-state index contributed by atoms with van der Waals surface area (Å²) >= 11 is 0. The largest absolute Gasteiger partial charge is 0.338 e. The number of sulfonamides is 1. The molecule has 0 saturated carbocycles. The molecule has 0 radical (unpaired) electrons. The summed E-state index contributed by atoms with van der Waals surface area (Å²) < 4.78 is 26.7. The Labute approximate surface area is 150 Å². The zero-order valence-electron chi connectivity index (χ0n) is 13.9. The highest BCUT2D eigenvalue weighted by molar-refractivity contribution is 7.89. The van der Waals surface area contributed by atoms with Gasteiger partial charge in [-0.25, -0.2) is 13.1 Å². The van der Waals surface area contributed by atoms with Crippen LogP contribution in [0.3, 0.4) is 0 Å². The minimum Gasteiger partial charge on any atom is -0.338 e. The van der Waals surface area contributed by atoms with Crippen molar-refractivity contribution in [1.82, 2.24) is 14.9 Å². The van der Waals surface area contributed by atoms with Crippen LogP contribution in [-0.2, 0) is 14.8 Å². The summed E-state index contributed by atoms with van der Waals surface area (Å²) in [5, 5.41) is 3.26. The smallest absolute Gasteiger partial charge is 0.240 e. The fourth-order valence-corrected chi connectivity index (χ4v) is 3.83. The van der Waals surface area contributed by atoms with E-state index < -0.39 is 10.0 Å². The van der Waals surface area contributed by atoms with Gasteiger partial charge in [0.15, 0.2) is 0 Å². The number of halogens is 1. The molecule has 1 aliphatic rings. The molecule has 6 nitrogen and oxygen atoms in total. The third-order valence-corrected chi connectivity index (χ3v) is 5.42. The lowest BCUT2D eigenvalue weighted by Crippen LogP contribution is -2.43. The molecule has 1 fully saturated rings. The molecule has 0 spiro atoms. The van der Waals surface area contributed by atoms with Crippen LogP contribution in [0.1, 0.15) is 26.2 Å². The van der Waals surface area contributed by atoms with E-state index in [0.29, 0.717) is 0 Å². The molecule has 1 unspecified atom stereocenters. The van der Waals surface area contributed by atoms with Crippen molar-refractivity contribution in [3.8, 4) is 0 Å². The highest BCUT2D eigenvalue weighted by Gasteiger charge is 2.25. The molecule has 1 aromatic rings. The second kappa shape index (κ2) is 9.98. The van der Waals surface area contributed by atoms with E-state index in [1.807, 2.05) is 11.8 Å². The van der Waals surface area contributed by atoms with Crippen LogP contribution in [0.5, 0.6) is 0 Å². The molecule has 1 saturated heterocycles. The van der Waals surface area contributed by atoms with E-state index in [2.05, 4.69) is 10.0 Å². The Bertz CT molecular complexity index is 604. The van der Waals surface area contributed by atoms with Crippen LogP contribution >= 0.6 is 12.4 Å². The molecule has 1 amide bonds. The van der Waals surface area contributed by atoms with Gasteiger partial charge in [0, 0.05) is 32.1 Å². The molecule has 1 heterocycles. The van der Waals surface area contributed by atoms with Crippen LogP contribution in [0.4, 0.5) is 0 Å². The maximum atomic E-state index is 12.4. The quantitative estimate of drug-likeness (QED) is 0.719. The van der Waals surface area contributed by atoms with Crippen LogP contribution in [0, 0.1) is 0 Å². The topological polar surface area (TPSA) is 78.5 Å². The summed E-state index contributed by atoms with van der Waals surface area (Å²) in [6.07, 6.45) is 2.04. The fourth-order valence-electron chi connectivity index (χ4n) is 2.78. The molecule has 0 aliphatic carbocycles. The SMILES string of the molecule is CCCN(C(=O)CCNS(=O)(=O)c1ccccc1)C1CCNC1.Cl. The normalized spacial score (nSPS) is 17.3. The van der Waals surface area contributed by atoms with Crippen molar-refractivity contribution in [3.05, 3.63) is 30.3 Å². The van der Waals surface area contributed by atoms with Crippen molar-refractivity contribution in [2.75, 3.05) is 26.2 Å². The third-order valence-electron chi connectivity index (χ3n) is 3.94. The molecule has 8 heteroatoms. The number of benzene rings is 1. The molecule has 2 N–H and O–H groups in total. The second-order valence-corrected chi connectivity index (χ2v) is 7.46. The van der Waals surface area contributed by atoms with Crippen molar-refractivity contribution in [1.29, 1.82) is 0 Å². The van der Waals surface area contributed by atoms with Crippen LogP contribution in [-0.4, -0.2) is 51.4 Å². The summed E-state index contributed by atoms with van der Waals surface area (Å²) in [5.41, 5.74) is 0. The fraction of sp³-hybridized carbons (Fsp3) is 0.562. The molecular formula is C16H26ClN3O3S. The summed E-state index contributed by atoms with van der Waals surface area (Å²) in [6.45, 7) is 4.63. The number of hydrogen-bond donors (Lipinski definition) is 2. The predicted molar refractivity (Wildman–Crippen MR) is 96.8 cm³/mol. The first-order chi connectivity index (χ1) is 11.0. The summed E-state index contributed by atoms with van der Waals surface area (Å²) in [7, 11) is -3.55. The van der Waals surface area contributed by atoms with Crippen molar-refractivity contribution < 1.29 is 13.2 Å². The number of nitrogens with one attached hydrogen (secondary N) is 2. The first-order valence-electron chi connectivity index (χ1n) is 8.09. The van der Waals surface area contributed by atoms with E-state index in [4.69, 9.17) is 0 Å². The Morgan fingerprint density at radius 1 is 1.33 bits per heavy atom. The molecule has 0 bridgehead atoms. The molecule has 2 rings (SSSR count). The van der Waals surface area contributed by atoms with Gasteiger partial charge in [-0.1, -0.05) is 25.1 Å². The van der Waals surface area contributed by atoms with Gasteiger partial charge in [0.2, 0.25) is 15.9 Å². The molecular weight excluding hydrogens is 350 g/mol. The molecule has 1 atom stereocenters. The van der Waals surface area contributed by atoms with E-state index in [1.54, 1.807) is 18.2 Å². The summed E-state index contributed by atoms with van der Waals surface area (Å²) in [6, 6.07) is 8.43. The lowest BCUT2D eigenvalue weighted by molar-refractivity contribution is -0.133. The van der Waals surface area contributed by atoms with E-state index in [-0.39, 0.29) is 42.2 Å². The Kier molecular flexibility index (Phi) is 8.69. The van der Waals surface area contributed by atoms with Gasteiger partial charge in [0.25, 0.3) is 0 Å². The maximum Gasteiger partial charge on any atom is 0.240 e. The van der Waals surface area contributed by atoms with Gasteiger partial charge in [-0.15, -0.1) is 12.4 Å². The molecule has 0 aromatic heterocycles. The van der Waals surface area contributed by atoms with E-state index >= 15 is 0 Å². The van der Waals surface area contributed by atoms with Crippen molar-refractivity contribution in [2.45, 2.75) is 37.1 Å². The highest BCUT2D eigenvalue weighted by Crippen LogP contribution is 2.11. The Hall–Kier alpha value is -1.15. The van der Waals surface area contributed by atoms with Gasteiger partial charge in [0.05, 0.1) is 4.90 Å². The van der Waals surface area contributed by atoms with Crippen LogP contribution in [0.2, 0.25) is 0 Å². The van der Waals surface area contributed by atoms with Gasteiger partial charge in [-0.2, -0.15) is 0 Å². The van der Waals surface area contributed by atoms with E-state index in [9.17, 15) is 13.2 Å². The average Bonchev–Trinajstić information content (AvgIpc) is 3.07. The summed E-state index contributed by atoms with van der Waals surface area (Å²) in [5.74, 6) is 0.0105. The van der Waals surface area contributed by atoms with Crippen LogP contribution < -0.4 is 10.0 Å². The monoisotopic (exact) mass is 375 g/mol. The number of nitrogens with zero attached hydrogens (tertiary/aromatic N) is 1. The summed E-state index contributed by atoms with van der Waals surface area (Å²) in [4.78, 5) is 14.5. The molecule has 136 valence electrons. The first kappa shape index (κ1) is 20.9. The standard InChI is InChI=1S/C16H25N3O3S.ClH/c1-2-12-19(14-8-10-17-13-14)16(20)9-11-18-23(21,22)15-6-4-3-5-7-15;/h3-7,14,17-18H,2,8-13H2,1H3;1H. The predicted octanol–water partition coefficient (Wildman–Crippen LogP) is 1.38. The lowest BCUT2D eigenvalue weighted by atomic mass is 10.2. The molecule has 1 aromatic carbocycles. The molecule has 1 aliphatic heterocycles. The van der Waals surface area contributed by atoms with Crippen molar-refractivity contribution in [2.24, 2.45) is 0 Å². The zero-order valence-corrected chi connectivity index (χ0v) is 15.5. The number of hydrogen-bond acceptors (Lipinski definition) is 4. The van der Waals surface area contributed by atoms with Gasteiger partial charge >= 0.3 is 0 Å². The maximum absolute atomic E-state index is 12.4. The van der Waals surface area contributed by atoms with E-state index in [1.165, 1.54) is 12.1 Å². The van der Waals surface area contributed by atoms with Crippen LogP contribution in [0.25, 0.3) is 0 Å². The Morgan fingerprint density at radius 2 is 2.04 bits per heavy atom. The third kappa shape index (κ3) is 5.73. The first-order valence-corrected chi connectivity index (χ1v) is 9.58. The second-order valence-electron chi connectivity index (χ2n) is 5.69.